The van der Waals surface area contributed by atoms with E-state index >= 15 is 0 Å². The van der Waals surface area contributed by atoms with Gasteiger partial charge in [-0.05, 0) is 61.0 Å². The average Bonchev–Trinajstić information content (AvgIpc) is 3.99. The summed E-state index contributed by atoms with van der Waals surface area (Å²) >= 11 is 1.44. The molecule has 1 aliphatic heterocycles. The number of amides is 2. The lowest BCUT2D eigenvalue weighted by Gasteiger charge is -2.41. The van der Waals surface area contributed by atoms with Crippen LogP contribution in [0.3, 0.4) is 0 Å². The molecule has 0 spiro atoms. The molecule has 11 heteroatoms. The molecule has 1 aromatic heterocycles. The summed E-state index contributed by atoms with van der Waals surface area (Å²) < 4.78 is 12.2. The summed E-state index contributed by atoms with van der Waals surface area (Å²) in [5, 5.41) is 2.60. The van der Waals surface area contributed by atoms with Crippen LogP contribution in [-0.4, -0.2) is 96.1 Å². The standard InChI is InChI=1S/C53H77N3O7S/c1-12-36(6)50(55(9)53(61)42(35(4)5)31-47(59)37(7)34(2)3)48(62-10)32-49(60)56-28-20-26-44(56)51(63-11)38(8)46(58)30-41(29-40-23-17-14-18-24-40)52-54-43(33-64-52)45(57)27-19-25-39-21-15-13-16-22-39/h13-18,21-24,33-38,41-42,44,48,50-51H,12,19-20,25-32H2,1-11H3/t36-,37-,38-,41+,42-,44-,48+,50?,51+/m0/s1. The van der Waals surface area contributed by atoms with Gasteiger partial charge in [-0.2, -0.15) is 0 Å². The SMILES string of the molecule is CC[C@H](C)C([C@@H](CC(=O)N1CCC[C@H]1[C@H](OC)[C@@H](C)C(=O)C[C@@H](Cc1ccccc1)c1nc(C(=O)CCCc2ccccc2)cs1)OC)N(C)C(=O)[C@@H](CC(=O)[C@@H](C)C(C)C)C(C)C. The Kier molecular flexibility index (Phi) is 21.0. The third-order valence-corrected chi connectivity index (χ3v) is 15.1. The molecule has 1 saturated heterocycles. The Bertz CT molecular complexity index is 1930. The molecule has 64 heavy (non-hydrogen) atoms. The third kappa shape index (κ3) is 14.2. The van der Waals surface area contributed by atoms with Crippen LogP contribution in [0.25, 0.3) is 0 Å². The average molecular weight is 900 g/mol. The number of likely N-dealkylation sites (N-methyl/N-ethyl adjacent to an activating group) is 1. The summed E-state index contributed by atoms with van der Waals surface area (Å²) in [5.41, 5.74) is 2.74. The zero-order chi connectivity index (χ0) is 47.1. The van der Waals surface area contributed by atoms with Gasteiger partial charge >= 0.3 is 0 Å². The minimum atomic E-state index is -0.589. The van der Waals surface area contributed by atoms with Crippen LogP contribution < -0.4 is 0 Å². The normalized spacial score (nSPS) is 18.0. The van der Waals surface area contributed by atoms with Crippen molar-refractivity contribution in [2.24, 2.45) is 35.5 Å². The number of ether oxygens (including phenoxy) is 2. The molecule has 1 unspecified atom stereocenters. The number of aryl methyl sites for hydroxylation is 1. The topological polar surface area (TPSA) is 123 Å². The summed E-state index contributed by atoms with van der Waals surface area (Å²) in [6, 6.07) is 19.5. The number of aromatic nitrogens is 1. The maximum atomic E-state index is 14.5. The smallest absolute Gasteiger partial charge is 0.226 e. The maximum absolute atomic E-state index is 14.5. The van der Waals surface area contributed by atoms with Crippen molar-refractivity contribution in [2.75, 3.05) is 27.8 Å². The highest BCUT2D eigenvalue weighted by Gasteiger charge is 2.43. The first-order valence-electron chi connectivity index (χ1n) is 23.8. The molecule has 0 saturated carbocycles. The second kappa shape index (κ2) is 25.6. The number of Topliss-reactive ketones (excluding diaryl/α,β-unsaturated/α-hetero) is 3. The molecule has 1 fully saturated rings. The van der Waals surface area contributed by atoms with Crippen LogP contribution in [0.4, 0.5) is 0 Å². The molecule has 4 rings (SSSR count). The van der Waals surface area contributed by atoms with Crippen LogP contribution in [0.1, 0.15) is 139 Å². The molecular formula is C53H77N3O7S. The summed E-state index contributed by atoms with van der Waals surface area (Å²) in [4.78, 5) is 78.1. The van der Waals surface area contributed by atoms with Crippen LogP contribution in [0.5, 0.6) is 0 Å². The van der Waals surface area contributed by atoms with E-state index in [2.05, 4.69) is 38.1 Å². The predicted molar refractivity (Wildman–Crippen MR) is 256 cm³/mol. The van der Waals surface area contributed by atoms with Gasteiger partial charge in [0.15, 0.2) is 5.78 Å². The Labute approximate surface area is 388 Å². The summed E-state index contributed by atoms with van der Waals surface area (Å²) in [6.45, 7) is 16.6. The number of carbonyl (C=O) groups is 5. The number of ketones is 3. The Balaban J connectivity index is 1.49. The first-order chi connectivity index (χ1) is 30.5. The van der Waals surface area contributed by atoms with Gasteiger partial charge in [-0.3, -0.25) is 24.0 Å². The number of nitrogens with zero attached hydrogens (tertiary/aromatic N) is 3. The van der Waals surface area contributed by atoms with Crippen molar-refractivity contribution in [1.29, 1.82) is 0 Å². The van der Waals surface area contributed by atoms with E-state index in [4.69, 9.17) is 14.5 Å². The van der Waals surface area contributed by atoms with Crippen molar-refractivity contribution < 1.29 is 33.4 Å². The van der Waals surface area contributed by atoms with Crippen LogP contribution in [0.15, 0.2) is 66.0 Å². The van der Waals surface area contributed by atoms with Crippen LogP contribution in [0.2, 0.25) is 0 Å². The van der Waals surface area contributed by atoms with E-state index < -0.39 is 30.1 Å². The number of thiazole rings is 1. The van der Waals surface area contributed by atoms with Crippen LogP contribution >= 0.6 is 11.3 Å². The molecule has 0 radical (unpaired) electrons. The Hall–Kier alpha value is -4.06. The number of hydrogen-bond donors (Lipinski definition) is 0. The van der Waals surface area contributed by atoms with E-state index in [9.17, 15) is 24.0 Å². The van der Waals surface area contributed by atoms with Gasteiger partial charge < -0.3 is 19.3 Å². The predicted octanol–water partition coefficient (Wildman–Crippen LogP) is 10.1. The number of rotatable bonds is 27. The third-order valence-electron chi connectivity index (χ3n) is 14.0. The van der Waals surface area contributed by atoms with Crippen molar-refractivity contribution in [3.05, 3.63) is 87.9 Å². The number of benzene rings is 2. The first kappa shape index (κ1) is 52.6. The zero-order valence-corrected chi connectivity index (χ0v) is 41.4. The Morgan fingerprint density at radius 2 is 1.44 bits per heavy atom. The van der Waals surface area contributed by atoms with Crippen molar-refractivity contribution in [3.8, 4) is 0 Å². The fraction of sp³-hybridized carbons (Fsp3) is 0.623. The molecule has 2 heterocycles. The van der Waals surface area contributed by atoms with Gasteiger partial charge in [0, 0.05) is 76.1 Å². The fourth-order valence-corrected chi connectivity index (χ4v) is 10.3. The number of likely N-dealkylation sites (tertiary alicyclic amines) is 1. The second-order valence-corrected chi connectivity index (χ2v) is 19.9. The lowest BCUT2D eigenvalue weighted by Crippen LogP contribution is -2.54. The fourth-order valence-electron chi connectivity index (χ4n) is 9.39. The molecule has 352 valence electrons. The van der Waals surface area contributed by atoms with Crippen molar-refractivity contribution in [2.45, 2.75) is 150 Å². The van der Waals surface area contributed by atoms with E-state index in [1.165, 1.54) is 16.9 Å². The molecule has 3 aromatic rings. The first-order valence-corrected chi connectivity index (χ1v) is 24.6. The molecule has 1 aliphatic rings. The monoisotopic (exact) mass is 900 g/mol. The highest BCUT2D eigenvalue weighted by molar-refractivity contribution is 7.10. The molecule has 0 aliphatic carbocycles. The Morgan fingerprint density at radius 3 is 2.02 bits per heavy atom. The summed E-state index contributed by atoms with van der Waals surface area (Å²) in [7, 11) is 5.00. The lowest BCUT2D eigenvalue weighted by atomic mass is 9.82. The molecule has 10 nitrogen and oxygen atoms in total. The Morgan fingerprint density at radius 1 is 0.812 bits per heavy atom. The van der Waals surface area contributed by atoms with Crippen molar-refractivity contribution in [1.82, 2.24) is 14.8 Å². The maximum Gasteiger partial charge on any atom is 0.226 e. The highest BCUT2D eigenvalue weighted by Crippen LogP contribution is 2.34. The van der Waals surface area contributed by atoms with Gasteiger partial charge in [0.1, 0.15) is 17.3 Å². The summed E-state index contributed by atoms with van der Waals surface area (Å²) in [6.07, 6.45) is 4.12. The number of methoxy groups -OCH3 is 2. The van der Waals surface area contributed by atoms with E-state index in [0.717, 1.165) is 36.3 Å². The highest BCUT2D eigenvalue weighted by atomic mass is 32.1. The molecule has 2 aromatic carbocycles. The van der Waals surface area contributed by atoms with Gasteiger partial charge in [0.05, 0.1) is 35.7 Å². The molecular weight excluding hydrogens is 823 g/mol. The van der Waals surface area contributed by atoms with E-state index in [1.54, 1.807) is 26.2 Å². The second-order valence-electron chi connectivity index (χ2n) is 19.0. The molecule has 9 atom stereocenters. The quantitative estimate of drug-likeness (QED) is 0.0694. The van der Waals surface area contributed by atoms with E-state index in [-0.39, 0.29) is 84.1 Å². The van der Waals surface area contributed by atoms with Crippen LogP contribution in [0, 0.1) is 35.5 Å². The number of hydrogen-bond acceptors (Lipinski definition) is 9. The van der Waals surface area contributed by atoms with E-state index in [0.29, 0.717) is 31.5 Å². The van der Waals surface area contributed by atoms with Crippen molar-refractivity contribution in [3.63, 3.8) is 0 Å². The van der Waals surface area contributed by atoms with Crippen molar-refractivity contribution >= 4 is 40.5 Å². The number of carbonyl (C=O) groups excluding carboxylic acids is 5. The van der Waals surface area contributed by atoms with Gasteiger partial charge in [0.2, 0.25) is 11.8 Å². The van der Waals surface area contributed by atoms with E-state index in [1.807, 2.05) is 88.2 Å². The minimum absolute atomic E-state index is 0.00876. The zero-order valence-electron chi connectivity index (χ0n) is 40.6. The minimum Gasteiger partial charge on any atom is -0.379 e. The molecule has 0 N–H and O–H groups in total. The summed E-state index contributed by atoms with van der Waals surface area (Å²) in [5.74, 6) is -1.31. The molecule has 2 amide bonds. The van der Waals surface area contributed by atoms with Gasteiger partial charge in [-0.1, -0.05) is 122 Å². The lowest BCUT2D eigenvalue weighted by molar-refractivity contribution is -0.149. The van der Waals surface area contributed by atoms with Gasteiger partial charge in [-0.15, -0.1) is 11.3 Å². The van der Waals surface area contributed by atoms with Crippen LogP contribution in [-0.2, 0) is 41.5 Å². The largest absolute Gasteiger partial charge is 0.379 e. The molecule has 0 bridgehead atoms. The van der Waals surface area contributed by atoms with Gasteiger partial charge in [-0.25, -0.2) is 4.98 Å². The van der Waals surface area contributed by atoms with Gasteiger partial charge in [0.25, 0.3) is 0 Å².